The van der Waals surface area contributed by atoms with Gasteiger partial charge in [0.25, 0.3) is 0 Å². The number of carbonyl (C=O) groups is 1. The Bertz CT molecular complexity index is 232. The molecule has 0 radical (unpaired) electrons. The minimum Gasteiger partial charge on any atom is -0.481 e. The van der Waals surface area contributed by atoms with E-state index in [4.69, 9.17) is 5.11 Å². The fourth-order valence-corrected chi connectivity index (χ4v) is 3.00. The molecule has 0 unspecified atom stereocenters. The molecule has 142 valence electrons. The van der Waals surface area contributed by atoms with Gasteiger partial charge in [-0.1, -0.05) is 110 Å². The molecule has 0 atom stereocenters. The summed E-state index contributed by atoms with van der Waals surface area (Å²) in [5.41, 5.74) is 0. The molecule has 23 heavy (non-hydrogen) atoms. The zero-order valence-electron chi connectivity index (χ0n) is 15.4. The van der Waals surface area contributed by atoms with Crippen molar-refractivity contribution >= 4 is 5.97 Å². The molecule has 0 saturated heterocycles. The van der Waals surface area contributed by atoms with E-state index in [1.165, 1.54) is 96.3 Å². The van der Waals surface area contributed by atoms with Crippen molar-refractivity contribution < 1.29 is 32.3 Å². The van der Waals surface area contributed by atoms with Gasteiger partial charge in [-0.3, -0.25) is 4.79 Å². The van der Waals surface area contributed by atoms with E-state index in [2.05, 4.69) is 6.92 Å². The molecule has 0 aromatic rings. The molecule has 0 fully saturated rings. The molecule has 0 aliphatic heterocycles. The summed E-state index contributed by atoms with van der Waals surface area (Å²) in [6.07, 6.45) is 23.1. The Morgan fingerprint density at radius 2 is 0.826 bits per heavy atom. The Balaban J connectivity index is 0. The maximum Gasteiger partial charge on any atom is 1.00 e. The number of hydrogen-bond donors (Lipinski definition) is 1. The van der Waals surface area contributed by atoms with E-state index >= 15 is 0 Å². The molecule has 0 aromatic heterocycles. The SMILES string of the molecule is CCCCCCCCCCCCCCCCCCCC(=O)O.[Ag+]. The van der Waals surface area contributed by atoms with Crippen LogP contribution in [0.3, 0.4) is 0 Å². The van der Waals surface area contributed by atoms with Gasteiger partial charge in [0.05, 0.1) is 0 Å². The van der Waals surface area contributed by atoms with E-state index in [-0.39, 0.29) is 22.4 Å². The summed E-state index contributed by atoms with van der Waals surface area (Å²) in [7, 11) is 0. The Morgan fingerprint density at radius 1 is 0.565 bits per heavy atom. The Labute approximate surface area is 160 Å². The van der Waals surface area contributed by atoms with Gasteiger partial charge >= 0.3 is 28.3 Å². The van der Waals surface area contributed by atoms with Gasteiger partial charge in [-0.15, -0.1) is 0 Å². The first-order valence-electron chi connectivity index (χ1n) is 9.99. The summed E-state index contributed by atoms with van der Waals surface area (Å²) >= 11 is 0. The second kappa shape index (κ2) is 22.2. The van der Waals surface area contributed by atoms with E-state index in [0.29, 0.717) is 6.42 Å². The van der Waals surface area contributed by atoms with Gasteiger partial charge in [0.1, 0.15) is 0 Å². The normalized spacial score (nSPS) is 10.5. The third kappa shape index (κ3) is 24.6. The molecular weight excluding hydrogens is 380 g/mol. The maximum atomic E-state index is 10.4. The second-order valence-corrected chi connectivity index (χ2v) is 6.80. The van der Waals surface area contributed by atoms with E-state index in [9.17, 15) is 4.79 Å². The average Bonchev–Trinajstić information content (AvgIpc) is 2.50. The van der Waals surface area contributed by atoms with Gasteiger partial charge in [-0.2, -0.15) is 0 Å². The molecule has 0 aliphatic carbocycles. The van der Waals surface area contributed by atoms with Crippen molar-refractivity contribution in [3.8, 4) is 0 Å². The molecule has 0 saturated carbocycles. The van der Waals surface area contributed by atoms with Crippen LogP contribution in [0, 0.1) is 0 Å². The van der Waals surface area contributed by atoms with Crippen LogP contribution in [-0.2, 0) is 27.2 Å². The summed E-state index contributed by atoms with van der Waals surface area (Å²) in [6, 6.07) is 0. The molecule has 0 bridgehead atoms. The van der Waals surface area contributed by atoms with Crippen molar-refractivity contribution in [2.75, 3.05) is 0 Å². The van der Waals surface area contributed by atoms with Crippen molar-refractivity contribution in [2.24, 2.45) is 0 Å². The zero-order chi connectivity index (χ0) is 16.3. The fraction of sp³-hybridized carbons (Fsp3) is 0.950. The predicted molar refractivity (Wildman–Crippen MR) is 96.4 cm³/mol. The van der Waals surface area contributed by atoms with Crippen LogP contribution in [0.15, 0.2) is 0 Å². The summed E-state index contributed by atoms with van der Waals surface area (Å²) in [6.45, 7) is 2.28. The van der Waals surface area contributed by atoms with Crippen molar-refractivity contribution in [1.29, 1.82) is 0 Å². The molecule has 0 rings (SSSR count). The second-order valence-electron chi connectivity index (χ2n) is 6.80. The minimum absolute atomic E-state index is 0. The summed E-state index contributed by atoms with van der Waals surface area (Å²) in [5, 5.41) is 8.54. The van der Waals surface area contributed by atoms with Crippen LogP contribution >= 0.6 is 0 Å². The molecule has 3 heteroatoms. The minimum atomic E-state index is -0.652. The van der Waals surface area contributed by atoms with Crippen LogP contribution in [0.5, 0.6) is 0 Å². The van der Waals surface area contributed by atoms with Gasteiger partial charge in [-0.25, -0.2) is 0 Å². The van der Waals surface area contributed by atoms with Crippen LogP contribution < -0.4 is 0 Å². The van der Waals surface area contributed by atoms with E-state index in [1.807, 2.05) is 0 Å². The van der Waals surface area contributed by atoms with Gasteiger partial charge < -0.3 is 5.11 Å². The van der Waals surface area contributed by atoms with Crippen molar-refractivity contribution in [1.82, 2.24) is 0 Å². The van der Waals surface area contributed by atoms with E-state index in [0.717, 1.165) is 12.8 Å². The van der Waals surface area contributed by atoms with Crippen molar-refractivity contribution in [2.45, 2.75) is 122 Å². The van der Waals surface area contributed by atoms with Gasteiger partial charge in [-0.05, 0) is 6.42 Å². The average molecular weight is 420 g/mol. The topological polar surface area (TPSA) is 37.3 Å². The Kier molecular flexibility index (Phi) is 24.6. The van der Waals surface area contributed by atoms with Gasteiger partial charge in [0, 0.05) is 6.42 Å². The van der Waals surface area contributed by atoms with E-state index in [1.54, 1.807) is 0 Å². The number of carboxylic acids is 1. The Morgan fingerprint density at radius 3 is 1.09 bits per heavy atom. The molecule has 0 heterocycles. The van der Waals surface area contributed by atoms with Crippen LogP contribution in [0.25, 0.3) is 0 Å². The first-order chi connectivity index (χ1) is 10.8. The molecule has 0 aliphatic rings. The van der Waals surface area contributed by atoms with Crippen LogP contribution in [0.1, 0.15) is 122 Å². The zero-order valence-corrected chi connectivity index (χ0v) is 16.9. The van der Waals surface area contributed by atoms with Gasteiger partial charge in [0.15, 0.2) is 0 Å². The third-order valence-electron chi connectivity index (χ3n) is 4.49. The maximum absolute atomic E-state index is 10.4. The first kappa shape index (κ1) is 25.5. The summed E-state index contributed by atoms with van der Waals surface area (Å²) < 4.78 is 0. The molecule has 1 N–H and O–H groups in total. The molecule has 0 amide bonds. The Hall–Kier alpha value is 0.210. The summed E-state index contributed by atoms with van der Waals surface area (Å²) in [5.74, 6) is -0.652. The summed E-state index contributed by atoms with van der Waals surface area (Å²) in [4.78, 5) is 10.4. The smallest absolute Gasteiger partial charge is 0.481 e. The quantitative estimate of drug-likeness (QED) is 0.190. The first-order valence-corrected chi connectivity index (χ1v) is 9.99. The number of rotatable bonds is 18. The van der Waals surface area contributed by atoms with Crippen LogP contribution in [0.2, 0.25) is 0 Å². The van der Waals surface area contributed by atoms with Crippen molar-refractivity contribution in [3.63, 3.8) is 0 Å². The number of aliphatic carboxylic acids is 1. The fourth-order valence-electron chi connectivity index (χ4n) is 3.00. The predicted octanol–water partition coefficient (Wildman–Crippen LogP) is 7.11. The molecule has 0 aromatic carbocycles. The molecule has 0 spiro atoms. The number of unbranched alkanes of at least 4 members (excludes halogenated alkanes) is 16. The number of hydrogen-bond acceptors (Lipinski definition) is 1. The van der Waals surface area contributed by atoms with Crippen LogP contribution in [0.4, 0.5) is 0 Å². The number of carboxylic acid groups (broad SMARTS) is 1. The van der Waals surface area contributed by atoms with E-state index < -0.39 is 5.97 Å². The monoisotopic (exact) mass is 419 g/mol. The van der Waals surface area contributed by atoms with Crippen molar-refractivity contribution in [3.05, 3.63) is 0 Å². The molecule has 2 nitrogen and oxygen atoms in total. The van der Waals surface area contributed by atoms with Gasteiger partial charge in [0.2, 0.25) is 0 Å². The van der Waals surface area contributed by atoms with Crippen LogP contribution in [-0.4, -0.2) is 11.1 Å². The largest absolute Gasteiger partial charge is 1.00 e. The third-order valence-corrected chi connectivity index (χ3v) is 4.49. The molecular formula is C20H40AgO2+. The standard InChI is InChI=1S/C20H40O2.Ag/c1-2-3-4-5-6-7-8-9-10-11-12-13-14-15-16-17-18-19-20(21)22;/h2-19H2,1H3,(H,21,22);/q;+1.